The Kier molecular flexibility index (Phi) is 6.47. The Balaban J connectivity index is 1.09. The lowest BCUT2D eigenvalue weighted by Gasteiger charge is -2.33. The fraction of sp³-hybridized carbons (Fsp3) is 0. The molecule has 8 aromatic carbocycles. The van der Waals surface area contributed by atoms with Gasteiger partial charge in [-0.25, -0.2) is 0 Å². The van der Waals surface area contributed by atoms with E-state index in [2.05, 4.69) is 178 Å². The summed E-state index contributed by atoms with van der Waals surface area (Å²) in [5.74, 6) is 0. The number of rotatable bonds is 3. The van der Waals surface area contributed by atoms with E-state index in [-0.39, 0.29) is 0 Å². The summed E-state index contributed by atoms with van der Waals surface area (Å²) in [6, 6.07) is 63.7. The summed E-state index contributed by atoms with van der Waals surface area (Å²) < 4.78 is 7.33. The van der Waals surface area contributed by atoms with Crippen LogP contribution in [0.15, 0.2) is 180 Å². The third-order valence-corrected chi connectivity index (χ3v) is 13.4. The molecule has 55 heavy (non-hydrogen) atoms. The first-order chi connectivity index (χ1) is 27.2. The van der Waals surface area contributed by atoms with E-state index in [0.717, 1.165) is 50.2 Å². The molecule has 4 nitrogen and oxygen atoms in total. The minimum atomic E-state index is 0.665. The van der Waals surface area contributed by atoms with Gasteiger partial charge in [0.1, 0.15) is 0 Å². The van der Waals surface area contributed by atoms with Crippen LogP contribution < -0.4 is 4.90 Å². The molecule has 256 valence electrons. The van der Waals surface area contributed by atoms with Crippen molar-refractivity contribution in [3.05, 3.63) is 175 Å². The third-order valence-electron chi connectivity index (χ3n) is 11.1. The van der Waals surface area contributed by atoms with Crippen LogP contribution in [-0.2, 0) is 0 Å². The summed E-state index contributed by atoms with van der Waals surface area (Å²) in [6.07, 6.45) is 0. The Labute approximate surface area is 324 Å². The molecule has 11 aromatic rings. The zero-order chi connectivity index (χ0) is 36.2. The van der Waals surface area contributed by atoms with Crippen molar-refractivity contribution in [1.82, 2.24) is 9.13 Å². The number of thiophene rings is 1. The minimum Gasteiger partial charge on any atom is -0.309 e. The van der Waals surface area contributed by atoms with Gasteiger partial charge in [-0.15, -0.1) is 11.3 Å². The highest BCUT2D eigenvalue weighted by Gasteiger charge is 2.27. The highest BCUT2D eigenvalue weighted by molar-refractivity contribution is 7.99. The van der Waals surface area contributed by atoms with Crippen LogP contribution >= 0.6 is 23.1 Å². The zero-order valence-electron chi connectivity index (χ0n) is 29.3. The molecule has 0 atom stereocenters. The Hall–Kier alpha value is -6.78. The lowest BCUT2D eigenvalue weighted by molar-refractivity contribution is 1.11. The predicted molar refractivity (Wildman–Crippen MR) is 232 cm³/mol. The summed E-state index contributed by atoms with van der Waals surface area (Å²) in [4.78, 5) is 4.82. The van der Waals surface area contributed by atoms with Gasteiger partial charge in [-0.1, -0.05) is 84.6 Å². The molecule has 12 rings (SSSR count). The quantitative estimate of drug-likeness (QED) is 0.181. The highest BCUT2D eigenvalue weighted by Crippen LogP contribution is 2.54. The summed E-state index contributed by atoms with van der Waals surface area (Å²) in [5.41, 5.74) is 10.9. The van der Waals surface area contributed by atoms with Crippen molar-refractivity contribution in [2.45, 2.75) is 9.79 Å². The topological polar surface area (TPSA) is 36.9 Å². The van der Waals surface area contributed by atoms with Crippen LogP contribution in [-0.4, -0.2) is 9.13 Å². The van der Waals surface area contributed by atoms with Gasteiger partial charge in [-0.2, -0.15) is 5.26 Å². The number of hydrogen-bond donors (Lipinski definition) is 0. The Morgan fingerprint density at radius 1 is 0.400 bits per heavy atom. The maximum Gasteiger partial charge on any atom is 0.0991 e. The first-order valence-corrected chi connectivity index (χ1v) is 19.9. The molecule has 4 heterocycles. The third kappa shape index (κ3) is 4.46. The molecule has 0 amide bonds. The van der Waals surface area contributed by atoms with Gasteiger partial charge < -0.3 is 14.0 Å². The zero-order valence-corrected chi connectivity index (χ0v) is 30.9. The lowest BCUT2D eigenvalue weighted by Crippen LogP contribution is -2.15. The molecule has 1 aliphatic rings. The van der Waals surface area contributed by atoms with Crippen LogP contribution in [0.4, 0.5) is 17.1 Å². The van der Waals surface area contributed by atoms with E-state index >= 15 is 0 Å². The van der Waals surface area contributed by atoms with E-state index in [0.29, 0.717) is 5.56 Å². The number of fused-ring (bicyclic) bond motifs is 11. The fourth-order valence-electron chi connectivity index (χ4n) is 8.72. The molecular weight excluding hydrogens is 709 g/mol. The summed E-state index contributed by atoms with van der Waals surface area (Å²) in [6.45, 7) is 0. The molecule has 0 unspecified atom stereocenters. The standard InChI is InChI=1S/C49H28N4S2/c50-29-30-17-21-43-38(25-30)36-11-3-7-15-42(36)52(43)33-19-23-45-49(28-33)55-48-27-32(51-40-13-5-1-9-34(40)35-10-2-6-14-41(35)51)18-22-44(48)53(45)31-20-24-47-39(26-31)37-12-4-8-16-46(37)54-47/h1-28H. The molecule has 0 N–H and O–H groups in total. The minimum absolute atomic E-state index is 0.665. The Morgan fingerprint density at radius 2 is 0.909 bits per heavy atom. The summed E-state index contributed by atoms with van der Waals surface area (Å²) in [5, 5.41) is 17.0. The van der Waals surface area contributed by atoms with Gasteiger partial charge in [0, 0.05) is 68.6 Å². The summed E-state index contributed by atoms with van der Waals surface area (Å²) in [7, 11) is 0. The van der Waals surface area contributed by atoms with Gasteiger partial charge in [-0.05, 0) is 97.1 Å². The van der Waals surface area contributed by atoms with Crippen LogP contribution in [0.1, 0.15) is 5.56 Å². The average molecular weight is 737 g/mol. The van der Waals surface area contributed by atoms with Crippen molar-refractivity contribution in [2.75, 3.05) is 4.90 Å². The normalized spacial score (nSPS) is 12.6. The van der Waals surface area contributed by atoms with Crippen molar-refractivity contribution in [1.29, 1.82) is 5.26 Å². The summed E-state index contributed by atoms with van der Waals surface area (Å²) >= 11 is 3.68. The van der Waals surface area contributed by atoms with Crippen molar-refractivity contribution < 1.29 is 0 Å². The molecule has 0 spiro atoms. The molecule has 0 aliphatic carbocycles. The Bertz CT molecular complexity index is 3400. The number of nitrogens with zero attached hydrogens (tertiary/aromatic N) is 4. The smallest absolute Gasteiger partial charge is 0.0991 e. The van der Waals surface area contributed by atoms with E-state index in [1.54, 1.807) is 0 Å². The number of nitriles is 1. The molecule has 0 saturated heterocycles. The molecule has 1 aliphatic heterocycles. The van der Waals surface area contributed by atoms with Gasteiger partial charge in [0.25, 0.3) is 0 Å². The molecular formula is C49H28N4S2. The van der Waals surface area contributed by atoms with E-state index < -0.39 is 0 Å². The van der Waals surface area contributed by atoms with Crippen molar-refractivity contribution in [3.63, 3.8) is 0 Å². The maximum absolute atomic E-state index is 9.74. The monoisotopic (exact) mass is 736 g/mol. The highest BCUT2D eigenvalue weighted by atomic mass is 32.2. The van der Waals surface area contributed by atoms with E-state index in [9.17, 15) is 5.26 Å². The van der Waals surface area contributed by atoms with Gasteiger partial charge in [0.2, 0.25) is 0 Å². The largest absolute Gasteiger partial charge is 0.309 e. The molecule has 0 bridgehead atoms. The van der Waals surface area contributed by atoms with Crippen molar-refractivity contribution in [3.8, 4) is 17.4 Å². The average Bonchev–Trinajstić information content (AvgIpc) is 3.89. The van der Waals surface area contributed by atoms with Crippen LogP contribution in [0, 0.1) is 11.3 Å². The SMILES string of the molecule is N#Cc1ccc2c(c1)c1ccccc1n2-c1ccc2c(c1)Sc1cc(-n3c4ccccc4c4ccccc43)ccc1N2c1ccc2sc3ccccc3c2c1. The van der Waals surface area contributed by atoms with Gasteiger partial charge in [0.05, 0.1) is 45.1 Å². The van der Waals surface area contributed by atoms with Gasteiger partial charge in [0.15, 0.2) is 0 Å². The molecule has 3 aromatic heterocycles. The molecule has 6 heteroatoms. The fourth-order valence-corrected chi connectivity index (χ4v) is 10.9. The van der Waals surface area contributed by atoms with E-state index in [1.807, 2.05) is 35.2 Å². The van der Waals surface area contributed by atoms with Crippen LogP contribution in [0.2, 0.25) is 0 Å². The van der Waals surface area contributed by atoms with E-state index in [4.69, 9.17) is 0 Å². The van der Waals surface area contributed by atoms with Crippen molar-refractivity contribution >= 4 is 104 Å². The molecule has 0 fully saturated rings. The second kappa shape index (κ2) is 11.6. The van der Waals surface area contributed by atoms with Crippen LogP contribution in [0.5, 0.6) is 0 Å². The number of aromatic nitrogens is 2. The number of benzene rings is 8. The Morgan fingerprint density at radius 3 is 1.53 bits per heavy atom. The van der Waals surface area contributed by atoms with Crippen LogP contribution in [0.3, 0.4) is 0 Å². The predicted octanol–water partition coefficient (Wildman–Crippen LogP) is 14.1. The van der Waals surface area contributed by atoms with Crippen LogP contribution in [0.25, 0.3) is 75.2 Å². The van der Waals surface area contributed by atoms with Gasteiger partial charge >= 0.3 is 0 Å². The van der Waals surface area contributed by atoms with Gasteiger partial charge in [-0.3, -0.25) is 0 Å². The first kappa shape index (κ1) is 30.7. The number of para-hydroxylation sites is 3. The second-order valence-corrected chi connectivity index (χ2v) is 16.3. The van der Waals surface area contributed by atoms with Crippen molar-refractivity contribution in [2.24, 2.45) is 0 Å². The maximum atomic E-state index is 9.74. The molecule has 0 radical (unpaired) electrons. The first-order valence-electron chi connectivity index (χ1n) is 18.3. The number of hydrogen-bond acceptors (Lipinski definition) is 4. The second-order valence-electron chi connectivity index (χ2n) is 14.1. The molecule has 0 saturated carbocycles. The van der Waals surface area contributed by atoms with E-state index in [1.165, 1.54) is 51.8 Å². The lowest BCUT2D eigenvalue weighted by atomic mass is 10.1. The number of anilines is 3.